The highest BCUT2D eigenvalue weighted by Gasteiger charge is 2.30. The van der Waals surface area contributed by atoms with E-state index in [1.807, 2.05) is 48.2 Å². The van der Waals surface area contributed by atoms with Crippen LogP contribution in [0, 0.1) is 0 Å². The van der Waals surface area contributed by atoms with Gasteiger partial charge in [0.05, 0.1) is 12.3 Å². The highest BCUT2D eigenvalue weighted by atomic mass is 32.2. The van der Waals surface area contributed by atoms with E-state index in [1.165, 1.54) is 4.90 Å². The first-order chi connectivity index (χ1) is 13.5. The van der Waals surface area contributed by atoms with Crippen LogP contribution in [-0.2, 0) is 17.9 Å². The maximum atomic E-state index is 13.2. The number of imide groups is 1. The first-order valence-corrected chi connectivity index (χ1v) is 10.4. The summed E-state index contributed by atoms with van der Waals surface area (Å²) in [7, 11) is 0. The number of hydrogen-bond acceptors (Lipinski definition) is 4. The Morgan fingerprint density at radius 1 is 1.11 bits per heavy atom. The molecule has 1 aliphatic rings. The fraction of sp³-hybridized carbons (Fsp3) is 0.318. The SMILES string of the molecule is CCC(C)N(Cc1ccccc1)C(=O)c1cccc(CN2C(=O)CSC2=O)c1. The number of amides is 3. The molecule has 3 amide bonds. The van der Waals surface area contributed by atoms with E-state index in [-0.39, 0.29) is 35.4 Å². The van der Waals surface area contributed by atoms with Gasteiger partial charge < -0.3 is 4.90 Å². The molecule has 1 unspecified atom stereocenters. The number of carbonyl (C=O) groups excluding carboxylic acids is 3. The van der Waals surface area contributed by atoms with Crippen molar-refractivity contribution in [3.05, 3.63) is 71.3 Å². The third-order valence-electron chi connectivity index (χ3n) is 4.93. The van der Waals surface area contributed by atoms with Gasteiger partial charge in [0.25, 0.3) is 11.1 Å². The van der Waals surface area contributed by atoms with Crippen LogP contribution in [0.15, 0.2) is 54.6 Å². The van der Waals surface area contributed by atoms with Gasteiger partial charge in [-0.3, -0.25) is 19.3 Å². The van der Waals surface area contributed by atoms with E-state index in [0.717, 1.165) is 29.3 Å². The number of benzene rings is 2. The van der Waals surface area contributed by atoms with Crippen molar-refractivity contribution in [2.45, 2.75) is 39.4 Å². The third kappa shape index (κ3) is 4.62. The normalized spacial score (nSPS) is 15.0. The summed E-state index contributed by atoms with van der Waals surface area (Å²) in [5.41, 5.74) is 2.43. The van der Waals surface area contributed by atoms with E-state index in [9.17, 15) is 14.4 Å². The number of carbonyl (C=O) groups is 3. The summed E-state index contributed by atoms with van der Waals surface area (Å²) in [5.74, 6) is -0.0402. The predicted molar refractivity (Wildman–Crippen MR) is 111 cm³/mol. The third-order valence-corrected chi connectivity index (χ3v) is 5.79. The van der Waals surface area contributed by atoms with Crippen LogP contribution in [0.4, 0.5) is 4.79 Å². The van der Waals surface area contributed by atoms with E-state index in [1.54, 1.807) is 18.2 Å². The van der Waals surface area contributed by atoms with Crippen LogP contribution in [-0.4, -0.2) is 38.6 Å². The minimum atomic E-state index is -0.230. The van der Waals surface area contributed by atoms with Gasteiger partial charge in [-0.25, -0.2) is 0 Å². The Bertz CT molecular complexity index is 853. The molecule has 2 aromatic rings. The summed E-state index contributed by atoms with van der Waals surface area (Å²) in [5, 5.41) is -0.230. The van der Waals surface area contributed by atoms with Gasteiger partial charge in [-0.05, 0) is 36.6 Å². The number of nitrogens with zero attached hydrogens (tertiary/aromatic N) is 2. The second-order valence-corrected chi connectivity index (χ2v) is 7.84. The lowest BCUT2D eigenvalue weighted by molar-refractivity contribution is -0.125. The largest absolute Gasteiger partial charge is 0.332 e. The zero-order chi connectivity index (χ0) is 20.1. The van der Waals surface area contributed by atoms with E-state index in [2.05, 4.69) is 6.92 Å². The summed E-state index contributed by atoms with van der Waals surface area (Å²) in [4.78, 5) is 40.1. The van der Waals surface area contributed by atoms with Gasteiger partial charge in [0, 0.05) is 18.2 Å². The Morgan fingerprint density at radius 2 is 1.82 bits per heavy atom. The highest BCUT2D eigenvalue weighted by molar-refractivity contribution is 8.14. The maximum absolute atomic E-state index is 13.2. The summed E-state index contributed by atoms with van der Waals surface area (Å²) in [6.07, 6.45) is 0.853. The van der Waals surface area contributed by atoms with Crippen LogP contribution in [0.1, 0.15) is 41.8 Å². The first-order valence-electron chi connectivity index (χ1n) is 9.40. The summed E-state index contributed by atoms with van der Waals surface area (Å²) in [6.45, 7) is 4.85. The molecule has 146 valence electrons. The molecule has 28 heavy (non-hydrogen) atoms. The molecule has 2 aromatic carbocycles. The molecule has 0 N–H and O–H groups in total. The van der Waals surface area contributed by atoms with Crippen LogP contribution >= 0.6 is 11.8 Å². The van der Waals surface area contributed by atoms with Crippen molar-refractivity contribution in [1.29, 1.82) is 0 Å². The van der Waals surface area contributed by atoms with E-state index in [4.69, 9.17) is 0 Å². The summed E-state index contributed by atoms with van der Waals surface area (Å²) < 4.78 is 0. The van der Waals surface area contributed by atoms with Crippen molar-refractivity contribution in [2.75, 3.05) is 5.75 Å². The summed E-state index contributed by atoms with van der Waals surface area (Å²) >= 11 is 1.02. The minimum Gasteiger partial charge on any atom is -0.332 e. The van der Waals surface area contributed by atoms with Gasteiger partial charge >= 0.3 is 0 Å². The highest BCUT2D eigenvalue weighted by Crippen LogP contribution is 2.22. The molecule has 0 bridgehead atoms. The van der Waals surface area contributed by atoms with Crippen LogP contribution in [0.5, 0.6) is 0 Å². The molecule has 1 fully saturated rings. The number of hydrogen-bond donors (Lipinski definition) is 0. The zero-order valence-electron chi connectivity index (χ0n) is 16.1. The topological polar surface area (TPSA) is 57.7 Å². The molecular formula is C22H24N2O3S. The number of rotatable bonds is 7. The molecule has 0 radical (unpaired) electrons. The molecule has 3 rings (SSSR count). The minimum absolute atomic E-state index is 0.0477. The van der Waals surface area contributed by atoms with Crippen molar-refractivity contribution in [1.82, 2.24) is 9.80 Å². The Labute approximate surface area is 169 Å². The van der Waals surface area contributed by atoms with Crippen LogP contribution < -0.4 is 0 Å². The van der Waals surface area contributed by atoms with Crippen LogP contribution in [0.3, 0.4) is 0 Å². The molecule has 5 nitrogen and oxygen atoms in total. The van der Waals surface area contributed by atoms with Crippen molar-refractivity contribution in [3.63, 3.8) is 0 Å². The molecule has 1 saturated heterocycles. The molecule has 1 aliphatic heterocycles. The smallest absolute Gasteiger partial charge is 0.289 e. The predicted octanol–water partition coefficient (Wildman–Crippen LogP) is 4.32. The van der Waals surface area contributed by atoms with Crippen molar-refractivity contribution < 1.29 is 14.4 Å². The monoisotopic (exact) mass is 396 g/mol. The molecule has 1 heterocycles. The molecule has 0 aliphatic carbocycles. The molecular weight excluding hydrogens is 372 g/mol. The van der Waals surface area contributed by atoms with Crippen LogP contribution in [0.2, 0.25) is 0 Å². The Morgan fingerprint density at radius 3 is 2.46 bits per heavy atom. The lowest BCUT2D eigenvalue weighted by Gasteiger charge is -2.29. The quantitative estimate of drug-likeness (QED) is 0.699. The second-order valence-electron chi connectivity index (χ2n) is 6.91. The summed E-state index contributed by atoms with van der Waals surface area (Å²) in [6, 6.07) is 17.2. The van der Waals surface area contributed by atoms with Gasteiger partial charge in [-0.15, -0.1) is 0 Å². The number of thioether (sulfide) groups is 1. The van der Waals surface area contributed by atoms with Crippen molar-refractivity contribution >= 4 is 28.8 Å². The Balaban J connectivity index is 1.80. The van der Waals surface area contributed by atoms with Gasteiger partial charge in [0.15, 0.2) is 0 Å². The molecule has 6 heteroatoms. The molecule has 1 atom stereocenters. The van der Waals surface area contributed by atoms with Gasteiger partial charge in [-0.2, -0.15) is 0 Å². The maximum Gasteiger partial charge on any atom is 0.289 e. The molecule has 0 saturated carbocycles. The average molecular weight is 397 g/mol. The van der Waals surface area contributed by atoms with Gasteiger partial charge in [0.1, 0.15) is 0 Å². The standard InChI is InChI=1S/C22H24N2O3S/c1-3-16(2)23(13-17-8-5-4-6-9-17)21(26)19-11-7-10-18(12-19)14-24-20(25)15-28-22(24)27/h4-12,16H,3,13-15H2,1-2H3. The first kappa shape index (κ1) is 20.1. The van der Waals surface area contributed by atoms with Crippen LogP contribution in [0.25, 0.3) is 0 Å². The fourth-order valence-electron chi connectivity index (χ4n) is 3.11. The van der Waals surface area contributed by atoms with E-state index >= 15 is 0 Å². The second kappa shape index (κ2) is 9.06. The average Bonchev–Trinajstić information content (AvgIpc) is 3.04. The zero-order valence-corrected chi connectivity index (χ0v) is 16.9. The van der Waals surface area contributed by atoms with E-state index in [0.29, 0.717) is 12.1 Å². The van der Waals surface area contributed by atoms with E-state index < -0.39 is 0 Å². The lowest BCUT2D eigenvalue weighted by atomic mass is 10.1. The van der Waals surface area contributed by atoms with Gasteiger partial charge in [0.2, 0.25) is 5.91 Å². The Hall–Kier alpha value is -2.60. The fourth-order valence-corrected chi connectivity index (χ4v) is 3.84. The lowest BCUT2D eigenvalue weighted by Crippen LogP contribution is -2.37. The Kier molecular flexibility index (Phi) is 6.52. The van der Waals surface area contributed by atoms with Crippen molar-refractivity contribution in [2.24, 2.45) is 0 Å². The van der Waals surface area contributed by atoms with Gasteiger partial charge in [-0.1, -0.05) is 61.2 Å². The molecule has 0 aromatic heterocycles. The molecule has 0 spiro atoms. The van der Waals surface area contributed by atoms with Crippen molar-refractivity contribution in [3.8, 4) is 0 Å².